The number of allylic oxidation sites excluding steroid dienone is 2. The first-order valence-electron chi connectivity index (χ1n) is 9.36. The predicted octanol–water partition coefficient (Wildman–Crippen LogP) is 4.56. The number of hydrogen-bond donors (Lipinski definition) is 1. The maximum Gasteiger partial charge on any atom is 0.255 e. The first kappa shape index (κ1) is 18.4. The Hall–Kier alpha value is -2.63. The molecule has 1 aliphatic heterocycles. The van der Waals surface area contributed by atoms with Crippen LogP contribution >= 0.6 is 23.2 Å². The SMILES string of the molecule is O=C(Nc1cc(Cl)ccc1Cl)c1ccc(N2C(=O)C3C4C=CC(C4)C3C2=O)cc1. The van der Waals surface area contributed by atoms with Gasteiger partial charge >= 0.3 is 0 Å². The smallest absolute Gasteiger partial charge is 0.255 e. The van der Waals surface area contributed by atoms with Crippen LogP contribution in [0, 0.1) is 23.7 Å². The monoisotopic (exact) mass is 426 g/mol. The van der Waals surface area contributed by atoms with E-state index in [1.54, 1.807) is 42.5 Å². The molecule has 0 spiro atoms. The fourth-order valence-electron chi connectivity index (χ4n) is 4.71. The highest BCUT2D eigenvalue weighted by atomic mass is 35.5. The highest BCUT2D eigenvalue weighted by Gasteiger charge is 2.59. The van der Waals surface area contributed by atoms with Gasteiger partial charge in [0.25, 0.3) is 5.91 Å². The molecular formula is C22H16Cl2N2O3. The molecule has 2 aromatic rings. The zero-order valence-electron chi connectivity index (χ0n) is 15.1. The highest BCUT2D eigenvalue weighted by molar-refractivity contribution is 6.36. The van der Waals surface area contributed by atoms with Gasteiger partial charge in [-0.25, -0.2) is 0 Å². The van der Waals surface area contributed by atoms with Crippen LogP contribution in [0.3, 0.4) is 0 Å². The van der Waals surface area contributed by atoms with E-state index < -0.39 is 0 Å². The lowest BCUT2D eigenvalue weighted by molar-refractivity contribution is -0.123. The topological polar surface area (TPSA) is 66.5 Å². The number of carbonyl (C=O) groups excluding carboxylic acids is 3. The van der Waals surface area contributed by atoms with Crippen LogP contribution < -0.4 is 10.2 Å². The zero-order valence-corrected chi connectivity index (χ0v) is 16.7. The van der Waals surface area contributed by atoms with E-state index in [1.165, 1.54) is 4.90 Å². The van der Waals surface area contributed by atoms with Crippen LogP contribution in [0.1, 0.15) is 16.8 Å². The second-order valence-corrected chi connectivity index (χ2v) is 8.48. The molecule has 3 amide bonds. The first-order chi connectivity index (χ1) is 13.9. The number of nitrogens with zero attached hydrogens (tertiary/aromatic N) is 1. The second kappa shape index (κ2) is 6.71. The number of amides is 3. The number of carbonyl (C=O) groups is 3. The van der Waals surface area contributed by atoms with Crippen molar-refractivity contribution >= 4 is 52.3 Å². The number of halogens is 2. The summed E-state index contributed by atoms with van der Waals surface area (Å²) in [6.07, 6.45) is 5.02. The highest BCUT2D eigenvalue weighted by Crippen LogP contribution is 2.53. The molecule has 4 unspecified atom stereocenters. The molecule has 1 saturated carbocycles. The van der Waals surface area contributed by atoms with E-state index in [-0.39, 0.29) is 41.4 Å². The Balaban J connectivity index is 1.36. The molecule has 5 rings (SSSR count). The largest absolute Gasteiger partial charge is 0.321 e. The van der Waals surface area contributed by atoms with Gasteiger partial charge < -0.3 is 5.32 Å². The van der Waals surface area contributed by atoms with Crippen molar-refractivity contribution < 1.29 is 14.4 Å². The van der Waals surface area contributed by atoms with Gasteiger partial charge in [-0.2, -0.15) is 0 Å². The summed E-state index contributed by atoms with van der Waals surface area (Å²) in [7, 11) is 0. The third kappa shape index (κ3) is 2.88. The van der Waals surface area contributed by atoms with E-state index in [0.717, 1.165) is 6.42 Å². The van der Waals surface area contributed by atoms with Crippen molar-refractivity contribution in [3.8, 4) is 0 Å². The average molecular weight is 427 g/mol. The van der Waals surface area contributed by atoms with E-state index in [4.69, 9.17) is 23.2 Å². The summed E-state index contributed by atoms with van der Waals surface area (Å²) in [5.41, 5.74) is 1.28. The third-order valence-corrected chi connectivity index (χ3v) is 6.60. The minimum atomic E-state index is -0.362. The number of imide groups is 1. The minimum Gasteiger partial charge on any atom is -0.321 e. The Morgan fingerprint density at radius 1 is 0.931 bits per heavy atom. The van der Waals surface area contributed by atoms with Crippen LogP contribution in [-0.4, -0.2) is 17.7 Å². The fraction of sp³-hybridized carbons (Fsp3) is 0.227. The molecule has 7 heteroatoms. The minimum absolute atomic E-state index is 0.139. The molecule has 1 N–H and O–H groups in total. The summed E-state index contributed by atoms with van der Waals surface area (Å²) in [5, 5.41) is 3.55. The number of hydrogen-bond acceptors (Lipinski definition) is 3. The first-order valence-corrected chi connectivity index (χ1v) is 10.1. The standard InChI is InChI=1S/C22H16Cl2N2O3/c23-14-5-8-16(24)17(10-14)25-20(27)11-3-6-15(7-4-11)26-21(28)18-12-1-2-13(9-12)19(18)22(26)29/h1-8,10,12-13,18-19H,9H2,(H,25,27). The lowest BCUT2D eigenvalue weighted by atomic mass is 9.85. The van der Waals surface area contributed by atoms with E-state index in [1.807, 2.05) is 0 Å². The summed E-state index contributed by atoms with van der Waals surface area (Å²) in [4.78, 5) is 39.6. The third-order valence-electron chi connectivity index (χ3n) is 6.03. The maximum atomic E-state index is 12.9. The van der Waals surface area contributed by atoms with E-state index in [2.05, 4.69) is 17.5 Å². The van der Waals surface area contributed by atoms with Crippen LogP contribution in [0.2, 0.25) is 10.0 Å². The van der Waals surface area contributed by atoms with E-state index >= 15 is 0 Å². The van der Waals surface area contributed by atoms with Gasteiger partial charge in [-0.3, -0.25) is 19.3 Å². The lowest BCUT2D eigenvalue weighted by Crippen LogP contribution is -2.32. The van der Waals surface area contributed by atoms with Crippen molar-refractivity contribution in [1.29, 1.82) is 0 Å². The summed E-state index contributed by atoms with van der Waals surface area (Å²) >= 11 is 12.0. The number of nitrogens with one attached hydrogen (secondary N) is 1. The molecule has 2 bridgehead atoms. The van der Waals surface area contributed by atoms with Gasteiger partial charge in [0.15, 0.2) is 0 Å². The average Bonchev–Trinajstić information content (AvgIpc) is 3.39. The summed E-state index contributed by atoms with van der Waals surface area (Å²) in [5.74, 6) is -0.799. The molecule has 1 saturated heterocycles. The van der Waals surface area contributed by atoms with E-state index in [0.29, 0.717) is 27.0 Å². The molecule has 1 heterocycles. The fourth-order valence-corrected chi connectivity index (χ4v) is 5.04. The van der Waals surface area contributed by atoms with Crippen molar-refractivity contribution in [2.45, 2.75) is 6.42 Å². The van der Waals surface area contributed by atoms with Crippen LogP contribution in [-0.2, 0) is 9.59 Å². The maximum absolute atomic E-state index is 12.9. The van der Waals surface area contributed by atoms with Crippen molar-refractivity contribution in [3.05, 3.63) is 70.2 Å². The lowest BCUT2D eigenvalue weighted by Gasteiger charge is -2.17. The summed E-state index contributed by atoms with van der Waals surface area (Å²) in [6, 6.07) is 11.2. The van der Waals surface area contributed by atoms with Crippen molar-refractivity contribution in [1.82, 2.24) is 0 Å². The molecular weight excluding hydrogens is 411 g/mol. The molecule has 29 heavy (non-hydrogen) atoms. The van der Waals surface area contributed by atoms with Gasteiger partial charge in [0.2, 0.25) is 11.8 Å². The Kier molecular flexibility index (Phi) is 4.26. The number of anilines is 2. The van der Waals surface area contributed by atoms with Crippen LogP contribution in [0.4, 0.5) is 11.4 Å². The molecule has 0 aromatic heterocycles. The molecule has 3 aliphatic rings. The number of benzene rings is 2. The van der Waals surface area contributed by atoms with Gasteiger partial charge in [0, 0.05) is 10.6 Å². The zero-order chi connectivity index (χ0) is 20.3. The Morgan fingerprint density at radius 2 is 1.55 bits per heavy atom. The normalized spacial score (nSPS) is 26.9. The van der Waals surface area contributed by atoms with Crippen molar-refractivity contribution in [2.24, 2.45) is 23.7 Å². The van der Waals surface area contributed by atoms with Crippen LogP contribution in [0.15, 0.2) is 54.6 Å². The number of fused-ring (bicyclic) bond motifs is 5. The van der Waals surface area contributed by atoms with Gasteiger partial charge in [-0.05, 0) is 60.7 Å². The molecule has 4 atom stereocenters. The van der Waals surface area contributed by atoms with Crippen LogP contribution in [0.25, 0.3) is 0 Å². The van der Waals surface area contributed by atoms with E-state index in [9.17, 15) is 14.4 Å². The van der Waals surface area contributed by atoms with Gasteiger partial charge in [-0.15, -0.1) is 0 Å². The second-order valence-electron chi connectivity index (χ2n) is 7.64. The summed E-state index contributed by atoms with van der Waals surface area (Å²) in [6.45, 7) is 0. The Labute approximate surface area is 177 Å². The Morgan fingerprint density at radius 3 is 2.17 bits per heavy atom. The van der Waals surface area contributed by atoms with Crippen LogP contribution in [0.5, 0.6) is 0 Å². The Bertz CT molecular complexity index is 1050. The number of rotatable bonds is 3. The summed E-state index contributed by atoms with van der Waals surface area (Å²) < 4.78 is 0. The van der Waals surface area contributed by atoms with Gasteiger partial charge in [0.05, 0.1) is 28.2 Å². The molecule has 2 fully saturated rings. The van der Waals surface area contributed by atoms with Crippen molar-refractivity contribution in [2.75, 3.05) is 10.2 Å². The van der Waals surface area contributed by atoms with Gasteiger partial charge in [0.1, 0.15) is 0 Å². The van der Waals surface area contributed by atoms with Crippen molar-refractivity contribution in [3.63, 3.8) is 0 Å². The predicted molar refractivity (Wildman–Crippen MR) is 111 cm³/mol. The molecule has 0 radical (unpaired) electrons. The molecule has 5 nitrogen and oxygen atoms in total. The molecule has 146 valence electrons. The quantitative estimate of drug-likeness (QED) is 0.577. The molecule has 2 aromatic carbocycles. The molecule has 2 aliphatic carbocycles. The van der Waals surface area contributed by atoms with Gasteiger partial charge in [-0.1, -0.05) is 35.4 Å².